The van der Waals surface area contributed by atoms with E-state index in [1.165, 1.54) is 10.3 Å². The molecule has 0 unspecified atom stereocenters. The van der Waals surface area contributed by atoms with Crippen LogP contribution in [0.2, 0.25) is 0 Å². The van der Waals surface area contributed by atoms with Crippen molar-refractivity contribution in [2.45, 2.75) is 26.4 Å². The van der Waals surface area contributed by atoms with Crippen molar-refractivity contribution >= 4 is 27.2 Å². The van der Waals surface area contributed by atoms with E-state index in [0.29, 0.717) is 6.04 Å². The molecule has 3 rings (SSSR count). The molecule has 0 radical (unpaired) electrons. The molecule has 0 spiro atoms. The number of aromatic nitrogens is 3. The molecule has 0 aliphatic heterocycles. The van der Waals surface area contributed by atoms with Gasteiger partial charge in [0.05, 0.1) is 21.9 Å². The molecule has 1 aromatic carbocycles. The Morgan fingerprint density at radius 2 is 2.26 bits per heavy atom. The van der Waals surface area contributed by atoms with Crippen molar-refractivity contribution in [2.24, 2.45) is 0 Å². The van der Waals surface area contributed by atoms with Gasteiger partial charge in [-0.25, -0.2) is 4.98 Å². The third-order valence-corrected chi connectivity index (χ3v) is 3.80. The molecule has 19 heavy (non-hydrogen) atoms. The Labute approximate surface area is 116 Å². The summed E-state index contributed by atoms with van der Waals surface area (Å²) in [6.07, 6.45) is 4.00. The number of nitrogens with one attached hydrogen (secondary N) is 1. The van der Waals surface area contributed by atoms with E-state index < -0.39 is 0 Å². The average molecular weight is 272 g/mol. The van der Waals surface area contributed by atoms with Gasteiger partial charge in [-0.1, -0.05) is 0 Å². The molecular weight excluding hydrogens is 256 g/mol. The maximum Gasteiger partial charge on any atom is 0.0813 e. The van der Waals surface area contributed by atoms with Gasteiger partial charge in [0.15, 0.2) is 0 Å². The molecule has 0 bridgehead atoms. The SMILES string of the molecule is CC(C)n1cc(CNc2ccc3ncsc3c2)cn1. The summed E-state index contributed by atoms with van der Waals surface area (Å²) in [5, 5.41) is 7.76. The van der Waals surface area contributed by atoms with Crippen LogP contribution < -0.4 is 5.32 Å². The van der Waals surface area contributed by atoms with Crippen molar-refractivity contribution in [3.8, 4) is 0 Å². The van der Waals surface area contributed by atoms with Crippen molar-refractivity contribution in [1.29, 1.82) is 0 Å². The molecule has 3 aromatic rings. The highest BCUT2D eigenvalue weighted by Crippen LogP contribution is 2.22. The molecule has 0 amide bonds. The average Bonchev–Trinajstić information content (AvgIpc) is 3.04. The number of hydrogen-bond donors (Lipinski definition) is 1. The lowest BCUT2D eigenvalue weighted by Gasteiger charge is -2.05. The zero-order valence-corrected chi connectivity index (χ0v) is 11.8. The quantitative estimate of drug-likeness (QED) is 0.787. The van der Waals surface area contributed by atoms with Crippen LogP contribution in [-0.2, 0) is 6.54 Å². The smallest absolute Gasteiger partial charge is 0.0813 e. The number of benzene rings is 1. The van der Waals surface area contributed by atoms with Gasteiger partial charge in [0.25, 0.3) is 0 Å². The van der Waals surface area contributed by atoms with Crippen molar-refractivity contribution in [3.05, 3.63) is 41.7 Å². The first kappa shape index (κ1) is 12.2. The van der Waals surface area contributed by atoms with Crippen LogP contribution in [0.5, 0.6) is 0 Å². The molecule has 0 atom stereocenters. The van der Waals surface area contributed by atoms with Gasteiger partial charge in [0, 0.05) is 30.0 Å². The molecule has 0 fully saturated rings. The zero-order valence-electron chi connectivity index (χ0n) is 11.0. The van der Waals surface area contributed by atoms with Crippen LogP contribution in [0.15, 0.2) is 36.1 Å². The van der Waals surface area contributed by atoms with E-state index in [2.05, 4.69) is 47.6 Å². The van der Waals surface area contributed by atoms with Gasteiger partial charge in [-0.3, -0.25) is 4.68 Å². The Kier molecular flexibility index (Phi) is 3.21. The van der Waals surface area contributed by atoms with Crippen LogP contribution in [0.1, 0.15) is 25.5 Å². The molecule has 0 aliphatic carbocycles. The Balaban J connectivity index is 1.70. The molecule has 0 saturated carbocycles. The Morgan fingerprint density at radius 1 is 1.37 bits per heavy atom. The van der Waals surface area contributed by atoms with E-state index >= 15 is 0 Å². The van der Waals surface area contributed by atoms with E-state index in [4.69, 9.17) is 0 Å². The third kappa shape index (κ3) is 2.61. The van der Waals surface area contributed by atoms with Crippen LogP contribution >= 0.6 is 11.3 Å². The van der Waals surface area contributed by atoms with Crippen LogP contribution in [0, 0.1) is 0 Å². The lowest BCUT2D eigenvalue weighted by atomic mass is 10.3. The highest BCUT2D eigenvalue weighted by Gasteiger charge is 2.02. The highest BCUT2D eigenvalue weighted by atomic mass is 32.1. The largest absolute Gasteiger partial charge is 0.381 e. The summed E-state index contributed by atoms with van der Waals surface area (Å²) in [7, 11) is 0. The second kappa shape index (κ2) is 5.01. The first-order valence-corrected chi connectivity index (χ1v) is 7.20. The minimum absolute atomic E-state index is 0.405. The van der Waals surface area contributed by atoms with Crippen molar-refractivity contribution in [1.82, 2.24) is 14.8 Å². The fourth-order valence-corrected chi connectivity index (χ4v) is 2.64. The number of thiazole rings is 1. The topological polar surface area (TPSA) is 42.7 Å². The summed E-state index contributed by atoms with van der Waals surface area (Å²) in [6, 6.07) is 6.66. The van der Waals surface area contributed by atoms with Gasteiger partial charge in [0.2, 0.25) is 0 Å². The molecule has 2 heterocycles. The summed E-state index contributed by atoms with van der Waals surface area (Å²) in [5.41, 5.74) is 5.25. The lowest BCUT2D eigenvalue weighted by Crippen LogP contribution is -2.01. The van der Waals surface area contributed by atoms with Crippen molar-refractivity contribution < 1.29 is 0 Å². The number of hydrogen-bond acceptors (Lipinski definition) is 4. The first-order valence-electron chi connectivity index (χ1n) is 6.32. The molecule has 98 valence electrons. The van der Waals surface area contributed by atoms with E-state index in [1.807, 2.05) is 22.5 Å². The summed E-state index contributed by atoms with van der Waals surface area (Å²) >= 11 is 1.66. The fourth-order valence-electron chi connectivity index (χ4n) is 1.92. The van der Waals surface area contributed by atoms with Crippen LogP contribution in [-0.4, -0.2) is 14.8 Å². The molecule has 2 aromatic heterocycles. The third-order valence-electron chi connectivity index (χ3n) is 3.01. The minimum atomic E-state index is 0.405. The maximum absolute atomic E-state index is 4.34. The normalized spacial score (nSPS) is 11.3. The predicted octanol–water partition coefficient (Wildman–Crippen LogP) is 3.69. The maximum atomic E-state index is 4.34. The zero-order chi connectivity index (χ0) is 13.2. The van der Waals surface area contributed by atoms with E-state index in [0.717, 1.165) is 17.7 Å². The van der Waals surface area contributed by atoms with Crippen LogP contribution in [0.3, 0.4) is 0 Å². The van der Waals surface area contributed by atoms with E-state index in [9.17, 15) is 0 Å². The highest BCUT2D eigenvalue weighted by molar-refractivity contribution is 7.16. The molecule has 5 heteroatoms. The number of rotatable bonds is 4. The summed E-state index contributed by atoms with van der Waals surface area (Å²) < 4.78 is 3.19. The second-order valence-electron chi connectivity index (χ2n) is 4.81. The molecular formula is C14H16N4S. The minimum Gasteiger partial charge on any atom is -0.381 e. The van der Waals surface area contributed by atoms with Gasteiger partial charge in [-0.15, -0.1) is 11.3 Å². The number of fused-ring (bicyclic) bond motifs is 1. The van der Waals surface area contributed by atoms with E-state index in [-0.39, 0.29) is 0 Å². The summed E-state index contributed by atoms with van der Waals surface area (Å²) in [6.45, 7) is 5.04. The van der Waals surface area contributed by atoms with Crippen LogP contribution in [0.4, 0.5) is 5.69 Å². The fraction of sp³-hybridized carbons (Fsp3) is 0.286. The molecule has 0 aliphatic rings. The van der Waals surface area contributed by atoms with Gasteiger partial charge in [-0.05, 0) is 32.0 Å². The summed E-state index contributed by atoms with van der Waals surface area (Å²) in [5.74, 6) is 0. The standard InChI is InChI=1S/C14H16N4S/c1-10(2)18-8-11(7-17-18)6-15-12-3-4-13-14(5-12)19-9-16-13/h3-5,7-10,15H,6H2,1-2H3. The van der Waals surface area contributed by atoms with E-state index in [1.54, 1.807) is 11.3 Å². The molecule has 0 saturated heterocycles. The Bertz CT molecular complexity index is 683. The van der Waals surface area contributed by atoms with Gasteiger partial charge in [-0.2, -0.15) is 5.10 Å². The molecule has 1 N–H and O–H groups in total. The first-order chi connectivity index (χ1) is 9.22. The monoisotopic (exact) mass is 272 g/mol. The second-order valence-corrected chi connectivity index (χ2v) is 5.70. The Hall–Kier alpha value is -1.88. The van der Waals surface area contributed by atoms with Gasteiger partial charge >= 0.3 is 0 Å². The lowest BCUT2D eigenvalue weighted by molar-refractivity contribution is 0.532. The number of nitrogens with zero attached hydrogens (tertiary/aromatic N) is 3. The number of anilines is 1. The van der Waals surface area contributed by atoms with Crippen molar-refractivity contribution in [3.63, 3.8) is 0 Å². The predicted molar refractivity (Wildman–Crippen MR) is 79.6 cm³/mol. The van der Waals surface area contributed by atoms with Crippen molar-refractivity contribution in [2.75, 3.05) is 5.32 Å². The Morgan fingerprint density at radius 3 is 3.05 bits per heavy atom. The van der Waals surface area contributed by atoms with Gasteiger partial charge < -0.3 is 5.32 Å². The van der Waals surface area contributed by atoms with Crippen LogP contribution in [0.25, 0.3) is 10.2 Å². The van der Waals surface area contributed by atoms with Gasteiger partial charge in [0.1, 0.15) is 0 Å². The molecule has 4 nitrogen and oxygen atoms in total. The summed E-state index contributed by atoms with van der Waals surface area (Å²) in [4.78, 5) is 4.28.